The van der Waals surface area contributed by atoms with E-state index in [1.165, 1.54) is 6.42 Å². The molecule has 1 aromatic rings. The molecule has 1 atom stereocenters. The largest absolute Gasteiger partial charge is 0.505 e. The van der Waals surface area contributed by atoms with E-state index < -0.39 is 5.82 Å². The van der Waals surface area contributed by atoms with Crippen molar-refractivity contribution >= 4 is 12.4 Å². The molecule has 1 saturated carbocycles. The van der Waals surface area contributed by atoms with Crippen molar-refractivity contribution in [2.45, 2.75) is 32.2 Å². The van der Waals surface area contributed by atoms with E-state index in [9.17, 15) is 9.50 Å². The molecule has 0 unspecified atom stereocenters. The number of halogens is 2. The second kappa shape index (κ2) is 5.02. The van der Waals surface area contributed by atoms with Crippen LogP contribution in [0.5, 0.6) is 5.75 Å². The van der Waals surface area contributed by atoms with Crippen LogP contribution in [0.4, 0.5) is 4.39 Å². The van der Waals surface area contributed by atoms with Crippen LogP contribution in [0.25, 0.3) is 0 Å². The van der Waals surface area contributed by atoms with E-state index in [2.05, 4.69) is 0 Å². The lowest BCUT2D eigenvalue weighted by Gasteiger charge is -2.31. The van der Waals surface area contributed by atoms with Gasteiger partial charge in [-0.05, 0) is 31.2 Å². The van der Waals surface area contributed by atoms with Crippen LogP contribution in [0.3, 0.4) is 0 Å². The van der Waals surface area contributed by atoms with Crippen molar-refractivity contribution in [3.63, 3.8) is 0 Å². The highest BCUT2D eigenvalue weighted by Crippen LogP contribution is 2.39. The van der Waals surface area contributed by atoms with Gasteiger partial charge in [0.2, 0.25) is 0 Å². The highest BCUT2D eigenvalue weighted by molar-refractivity contribution is 5.85. The third-order valence-corrected chi connectivity index (χ3v) is 3.36. The predicted molar refractivity (Wildman–Crippen MR) is 64.3 cm³/mol. The Morgan fingerprint density at radius 3 is 2.56 bits per heavy atom. The van der Waals surface area contributed by atoms with E-state index >= 15 is 0 Å². The van der Waals surface area contributed by atoms with Gasteiger partial charge < -0.3 is 10.8 Å². The summed E-state index contributed by atoms with van der Waals surface area (Å²) in [6.45, 7) is 1.63. The molecule has 0 heterocycles. The van der Waals surface area contributed by atoms with E-state index in [4.69, 9.17) is 5.73 Å². The molecule has 0 saturated heterocycles. The van der Waals surface area contributed by atoms with Gasteiger partial charge in [0.1, 0.15) is 0 Å². The minimum atomic E-state index is -0.540. The smallest absolute Gasteiger partial charge is 0.168 e. The maximum Gasteiger partial charge on any atom is 0.168 e. The Kier molecular flexibility index (Phi) is 4.16. The number of phenolic OH excluding ortho intramolecular Hbond substituents is 1. The van der Waals surface area contributed by atoms with Crippen molar-refractivity contribution in [1.82, 2.24) is 0 Å². The molecule has 1 fully saturated rings. The van der Waals surface area contributed by atoms with E-state index in [1.54, 1.807) is 19.1 Å². The van der Waals surface area contributed by atoms with Crippen LogP contribution >= 0.6 is 12.4 Å². The number of aryl methyl sites for hydroxylation is 1. The Morgan fingerprint density at radius 2 is 2.06 bits per heavy atom. The Morgan fingerprint density at radius 1 is 1.44 bits per heavy atom. The van der Waals surface area contributed by atoms with Gasteiger partial charge in [-0.2, -0.15) is 0 Å². The highest BCUT2D eigenvalue weighted by Gasteiger charge is 2.28. The maximum atomic E-state index is 13.4. The summed E-state index contributed by atoms with van der Waals surface area (Å²) in [5, 5.41) is 9.66. The first-order valence-corrected chi connectivity index (χ1v) is 5.35. The molecule has 0 aliphatic heterocycles. The molecular formula is C12H17ClFNO. The molecule has 1 aliphatic rings. The molecule has 1 aromatic carbocycles. The fraction of sp³-hybridized carbons (Fsp3) is 0.500. The van der Waals surface area contributed by atoms with Gasteiger partial charge in [0.25, 0.3) is 0 Å². The van der Waals surface area contributed by atoms with Gasteiger partial charge in [-0.3, -0.25) is 0 Å². The summed E-state index contributed by atoms with van der Waals surface area (Å²) in [6.07, 6.45) is 3.35. The van der Waals surface area contributed by atoms with Crippen LogP contribution in [-0.2, 0) is 0 Å². The van der Waals surface area contributed by atoms with Gasteiger partial charge in [0.15, 0.2) is 11.6 Å². The lowest BCUT2D eigenvalue weighted by atomic mass is 9.77. The van der Waals surface area contributed by atoms with Crippen molar-refractivity contribution in [1.29, 1.82) is 0 Å². The lowest BCUT2D eigenvalue weighted by Crippen LogP contribution is -2.27. The summed E-state index contributed by atoms with van der Waals surface area (Å²) in [5.41, 5.74) is 6.99. The average molecular weight is 246 g/mol. The van der Waals surface area contributed by atoms with Crippen LogP contribution in [0.1, 0.15) is 36.4 Å². The number of nitrogens with two attached hydrogens (primary N) is 1. The monoisotopic (exact) mass is 245 g/mol. The molecule has 2 nitrogen and oxygen atoms in total. The van der Waals surface area contributed by atoms with Crippen LogP contribution < -0.4 is 5.73 Å². The molecule has 3 N–H and O–H groups in total. The molecule has 4 heteroatoms. The summed E-state index contributed by atoms with van der Waals surface area (Å²) in [6, 6.07) is 3.17. The van der Waals surface area contributed by atoms with Crippen LogP contribution in [0, 0.1) is 18.7 Å². The molecule has 16 heavy (non-hydrogen) atoms. The molecular weight excluding hydrogens is 229 g/mol. The van der Waals surface area contributed by atoms with Gasteiger partial charge in [0.05, 0.1) is 0 Å². The van der Waals surface area contributed by atoms with Crippen LogP contribution in [0.15, 0.2) is 12.1 Å². The minimum Gasteiger partial charge on any atom is -0.505 e. The number of aromatic hydroxyl groups is 1. The molecule has 0 radical (unpaired) electrons. The zero-order chi connectivity index (χ0) is 11.0. The second-order valence-electron chi connectivity index (χ2n) is 4.35. The average Bonchev–Trinajstić information content (AvgIpc) is 2.11. The topological polar surface area (TPSA) is 46.2 Å². The summed E-state index contributed by atoms with van der Waals surface area (Å²) >= 11 is 0. The van der Waals surface area contributed by atoms with E-state index in [-0.39, 0.29) is 24.2 Å². The predicted octanol–water partition coefficient (Wildman–Crippen LogP) is 3.06. The first kappa shape index (κ1) is 13.3. The summed E-state index contributed by atoms with van der Waals surface area (Å²) < 4.78 is 13.4. The molecule has 0 spiro atoms. The summed E-state index contributed by atoms with van der Waals surface area (Å²) in [5.74, 6) is -0.408. The minimum absolute atomic E-state index is 0. The first-order valence-electron chi connectivity index (χ1n) is 5.35. The van der Waals surface area contributed by atoms with Crippen LogP contribution in [0.2, 0.25) is 0 Å². The molecule has 0 bridgehead atoms. The van der Waals surface area contributed by atoms with Gasteiger partial charge >= 0.3 is 0 Å². The van der Waals surface area contributed by atoms with Gasteiger partial charge in [-0.25, -0.2) is 4.39 Å². The van der Waals surface area contributed by atoms with Crippen molar-refractivity contribution in [2.24, 2.45) is 11.7 Å². The van der Waals surface area contributed by atoms with Crippen molar-refractivity contribution < 1.29 is 9.50 Å². The van der Waals surface area contributed by atoms with Crippen molar-refractivity contribution in [3.8, 4) is 5.75 Å². The Labute approximate surface area is 101 Å². The standard InChI is InChI=1S/C12H16FNO.ClH/c1-7-5-6-9(12(15)10(7)13)11(14)8-3-2-4-8;/h5-6,8,11,15H,2-4,14H2,1H3;1H/t11-;/m0./s1. The molecule has 0 amide bonds. The molecule has 1 aliphatic carbocycles. The number of rotatable bonds is 2. The quantitative estimate of drug-likeness (QED) is 0.841. The van der Waals surface area contributed by atoms with Gasteiger partial charge in [-0.1, -0.05) is 18.6 Å². The number of hydrogen-bond acceptors (Lipinski definition) is 2. The van der Waals surface area contributed by atoms with E-state index in [0.717, 1.165) is 12.8 Å². The lowest BCUT2D eigenvalue weighted by molar-refractivity contribution is 0.259. The van der Waals surface area contributed by atoms with E-state index in [1.807, 2.05) is 0 Å². The molecule has 2 rings (SSSR count). The Bertz CT molecular complexity index is 380. The normalized spacial score (nSPS) is 17.4. The third kappa shape index (κ3) is 2.15. The zero-order valence-corrected chi connectivity index (χ0v) is 10.1. The summed E-state index contributed by atoms with van der Waals surface area (Å²) in [4.78, 5) is 0. The maximum absolute atomic E-state index is 13.4. The SMILES string of the molecule is Cc1ccc([C@@H](N)C2CCC2)c(O)c1F.Cl. The fourth-order valence-corrected chi connectivity index (χ4v) is 2.00. The molecule has 0 aromatic heterocycles. The summed E-state index contributed by atoms with van der Waals surface area (Å²) in [7, 11) is 0. The third-order valence-electron chi connectivity index (χ3n) is 3.36. The van der Waals surface area contributed by atoms with Crippen molar-refractivity contribution in [2.75, 3.05) is 0 Å². The van der Waals surface area contributed by atoms with Gasteiger partial charge in [-0.15, -0.1) is 12.4 Å². The number of phenols is 1. The number of benzene rings is 1. The van der Waals surface area contributed by atoms with Gasteiger partial charge in [0, 0.05) is 11.6 Å². The number of hydrogen-bond donors (Lipinski definition) is 2. The van der Waals surface area contributed by atoms with Crippen LogP contribution in [-0.4, -0.2) is 5.11 Å². The van der Waals surface area contributed by atoms with E-state index in [0.29, 0.717) is 17.0 Å². The second-order valence-corrected chi connectivity index (χ2v) is 4.35. The Hall–Kier alpha value is -0.800. The van der Waals surface area contributed by atoms with Crippen molar-refractivity contribution in [3.05, 3.63) is 29.1 Å². The highest BCUT2D eigenvalue weighted by atomic mass is 35.5. The first-order chi connectivity index (χ1) is 7.11. The molecule has 90 valence electrons. The zero-order valence-electron chi connectivity index (χ0n) is 9.24. The fourth-order valence-electron chi connectivity index (χ4n) is 2.00. The Balaban J connectivity index is 0.00000128.